The Kier molecular flexibility index (Phi) is 3.73. The smallest absolute Gasteiger partial charge is 0.224 e. The quantitative estimate of drug-likeness (QED) is 0.757. The molecule has 0 bridgehead atoms. The van der Waals surface area contributed by atoms with E-state index < -0.39 is 0 Å². The van der Waals surface area contributed by atoms with Crippen LogP contribution < -0.4 is 5.32 Å². The molecule has 0 atom stereocenters. The molecule has 3 rings (SSSR count). The first kappa shape index (κ1) is 12.8. The molecule has 6 heteroatoms. The van der Waals surface area contributed by atoms with Gasteiger partial charge >= 0.3 is 0 Å². The van der Waals surface area contributed by atoms with Gasteiger partial charge in [0.25, 0.3) is 0 Å². The molecule has 0 aliphatic heterocycles. The Balaban J connectivity index is 1.52. The molecule has 0 radical (unpaired) electrons. The van der Waals surface area contributed by atoms with Crippen molar-refractivity contribution in [1.82, 2.24) is 15.2 Å². The number of carbonyl (C=O) groups is 1. The molecular weight excluding hydrogens is 272 g/mol. The molecule has 5 nitrogen and oxygen atoms in total. The number of aromatic nitrogens is 3. The number of carbonyl (C=O) groups excluding carboxylic acids is 1. The highest BCUT2D eigenvalue weighted by molar-refractivity contribution is 7.09. The van der Waals surface area contributed by atoms with Gasteiger partial charge in [-0.1, -0.05) is 0 Å². The van der Waals surface area contributed by atoms with Crippen LogP contribution in [0.15, 0.2) is 36.0 Å². The van der Waals surface area contributed by atoms with Crippen LogP contribution in [0.25, 0.3) is 10.9 Å². The summed E-state index contributed by atoms with van der Waals surface area (Å²) < 4.78 is 0. The summed E-state index contributed by atoms with van der Waals surface area (Å²) in [6.45, 7) is 0. The van der Waals surface area contributed by atoms with Gasteiger partial charge in [-0.2, -0.15) is 5.10 Å². The predicted octanol–water partition coefficient (Wildman–Crippen LogP) is 2.98. The second kappa shape index (κ2) is 5.83. The van der Waals surface area contributed by atoms with Gasteiger partial charge in [0.05, 0.1) is 16.7 Å². The Bertz CT molecular complexity index is 705. The van der Waals surface area contributed by atoms with E-state index in [1.54, 1.807) is 23.7 Å². The normalized spacial score (nSPS) is 10.8. The highest BCUT2D eigenvalue weighted by Gasteiger charge is 2.05. The highest BCUT2D eigenvalue weighted by Crippen LogP contribution is 2.17. The first-order chi connectivity index (χ1) is 9.81. The van der Waals surface area contributed by atoms with Crippen molar-refractivity contribution in [2.24, 2.45) is 0 Å². The largest absolute Gasteiger partial charge is 0.326 e. The van der Waals surface area contributed by atoms with Crippen LogP contribution in [0, 0.1) is 0 Å². The number of nitrogens with one attached hydrogen (secondary N) is 2. The van der Waals surface area contributed by atoms with Gasteiger partial charge < -0.3 is 5.32 Å². The zero-order valence-corrected chi connectivity index (χ0v) is 11.6. The van der Waals surface area contributed by atoms with Crippen LogP contribution in [-0.2, 0) is 11.2 Å². The molecule has 0 saturated heterocycles. The fourth-order valence-electron chi connectivity index (χ4n) is 2.02. The zero-order chi connectivity index (χ0) is 13.8. The molecule has 102 valence electrons. The average molecular weight is 286 g/mol. The van der Waals surface area contributed by atoms with Crippen LogP contribution in [0.5, 0.6) is 0 Å². The third-order valence-electron chi connectivity index (χ3n) is 3.00. The van der Waals surface area contributed by atoms with Crippen LogP contribution >= 0.6 is 11.3 Å². The molecule has 0 fully saturated rings. The molecular formula is C14H14N4OS. The summed E-state index contributed by atoms with van der Waals surface area (Å²) in [4.78, 5) is 16.1. The Morgan fingerprint density at radius 3 is 3.20 bits per heavy atom. The van der Waals surface area contributed by atoms with Crippen molar-refractivity contribution in [2.75, 3.05) is 5.32 Å². The van der Waals surface area contributed by atoms with E-state index in [0.29, 0.717) is 6.42 Å². The van der Waals surface area contributed by atoms with Crippen LogP contribution in [-0.4, -0.2) is 21.1 Å². The maximum Gasteiger partial charge on any atom is 0.224 e. The lowest BCUT2D eigenvalue weighted by Gasteiger charge is -2.04. The van der Waals surface area contributed by atoms with Crippen LogP contribution in [0.2, 0.25) is 0 Å². The van der Waals surface area contributed by atoms with E-state index in [4.69, 9.17) is 0 Å². The lowest BCUT2D eigenvalue weighted by molar-refractivity contribution is -0.116. The van der Waals surface area contributed by atoms with Gasteiger partial charge in [0.1, 0.15) is 0 Å². The number of fused-ring (bicyclic) bond motifs is 1. The molecule has 20 heavy (non-hydrogen) atoms. The summed E-state index contributed by atoms with van der Waals surface area (Å²) >= 11 is 1.63. The van der Waals surface area contributed by atoms with E-state index in [2.05, 4.69) is 20.5 Å². The van der Waals surface area contributed by atoms with E-state index in [1.165, 1.54) is 0 Å². The number of hydrogen-bond acceptors (Lipinski definition) is 4. The van der Waals surface area contributed by atoms with Gasteiger partial charge in [-0.25, -0.2) is 4.98 Å². The number of nitrogens with zero attached hydrogens (tertiary/aromatic N) is 2. The molecule has 2 heterocycles. The number of aryl methyl sites for hydroxylation is 1. The van der Waals surface area contributed by atoms with Crippen molar-refractivity contribution in [2.45, 2.75) is 19.3 Å². The fourth-order valence-corrected chi connectivity index (χ4v) is 2.68. The van der Waals surface area contributed by atoms with Gasteiger partial charge in [0.2, 0.25) is 5.91 Å². The van der Waals surface area contributed by atoms with Crippen LogP contribution in [0.4, 0.5) is 5.69 Å². The fraction of sp³-hybridized carbons (Fsp3) is 0.214. The monoisotopic (exact) mass is 286 g/mol. The molecule has 1 amide bonds. The Morgan fingerprint density at radius 2 is 2.35 bits per heavy atom. The van der Waals surface area contributed by atoms with Crippen LogP contribution in [0.3, 0.4) is 0 Å². The minimum absolute atomic E-state index is 0.0319. The molecule has 0 saturated carbocycles. The number of rotatable bonds is 5. The van der Waals surface area contributed by atoms with Crippen molar-refractivity contribution in [3.8, 4) is 0 Å². The number of aromatic amines is 1. The molecule has 0 aliphatic rings. The molecule has 3 aromatic rings. The summed E-state index contributed by atoms with van der Waals surface area (Å²) in [5.41, 5.74) is 1.77. The van der Waals surface area contributed by atoms with Crippen LogP contribution in [0.1, 0.15) is 17.8 Å². The van der Waals surface area contributed by atoms with Gasteiger partial charge in [-0.05, 0) is 31.0 Å². The number of benzene rings is 1. The van der Waals surface area contributed by atoms with Gasteiger partial charge in [-0.3, -0.25) is 9.89 Å². The Hall–Kier alpha value is -2.21. The molecule has 1 aromatic carbocycles. The molecule has 0 spiro atoms. The van der Waals surface area contributed by atoms with Crippen molar-refractivity contribution in [1.29, 1.82) is 0 Å². The molecule has 0 aliphatic carbocycles. The Labute approximate surface area is 120 Å². The summed E-state index contributed by atoms with van der Waals surface area (Å²) in [7, 11) is 0. The number of H-pyrrole nitrogens is 1. The lowest BCUT2D eigenvalue weighted by Crippen LogP contribution is -2.11. The van der Waals surface area contributed by atoms with Crippen molar-refractivity contribution in [3.63, 3.8) is 0 Å². The SMILES string of the molecule is O=C(CCCc1nccs1)Nc1ccc2[nH]ncc2c1. The third kappa shape index (κ3) is 3.03. The minimum atomic E-state index is 0.0319. The second-order valence-electron chi connectivity index (χ2n) is 4.50. The zero-order valence-electron chi connectivity index (χ0n) is 10.8. The molecule has 2 N–H and O–H groups in total. The molecule has 2 aromatic heterocycles. The average Bonchev–Trinajstić information content (AvgIpc) is 3.08. The van der Waals surface area contributed by atoms with E-state index in [1.807, 2.05) is 23.6 Å². The van der Waals surface area contributed by atoms with E-state index in [-0.39, 0.29) is 5.91 Å². The Morgan fingerprint density at radius 1 is 1.40 bits per heavy atom. The minimum Gasteiger partial charge on any atom is -0.326 e. The first-order valence-corrected chi connectivity index (χ1v) is 7.30. The summed E-state index contributed by atoms with van der Waals surface area (Å²) in [6, 6.07) is 5.70. The summed E-state index contributed by atoms with van der Waals surface area (Å²) in [5, 5.41) is 13.8. The maximum absolute atomic E-state index is 11.9. The van der Waals surface area contributed by atoms with Gasteiger partial charge in [0, 0.05) is 29.1 Å². The van der Waals surface area contributed by atoms with E-state index >= 15 is 0 Å². The summed E-state index contributed by atoms with van der Waals surface area (Å²) in [6.07, 6.45) is 5.70. The van der Waals surface area contributed by atoms with Crippen molar-refractivity contribution in [3.05, 3.63) is 41.0 Å². The second-order valence-corrected chi connectivity index (χ2v) is 5.48. The van der Waals surface area contributed by atoms with Gasteiger partial charge in [0.15, 0.2) is 0 Å². The topological polar surface area (TPSA) is 70.7 Å². The summed E-state index contributed by atoms with van der Waals surface area (Å²) in [5.74, 6) is 0.0319. The number of amides is 1. The lowest BCUT2D eigenvalue weighted by atomic mass is 10.2. The van der Waals surface area contributed by atoms with E-state index in [0.717, 1.165) is 34.4 Å². The van der Waals surface area contributed by atoms with Crippen molar-refractivity contribution >= 4 is 33.8 Å². The predicted molar refractivity (Wildman–Crippen MR) is 79.8 cm³/mol. The highest BCUT2D eigenvalue weighted by atomic mass is 32.1. The van der Waals surface area contributed by atoms with Gasteiger partial charge in [-0.15, -0.1) is 11.3 Å². The van der Waals surface area contributed by atoms with Crippen molar-refractivity contribution < 1.29 is 4.79 Å². The number of anilines is 1. The maximum atomic E-state index is 11.9. The number of thiazole rings is 1. The number of hydrogen-bond donors (Lipinski definition) is 2. The standard InChI is InChI=1S/C14H14N4OS/c19-13(2-1-3-14-15-6-7-20-14)17-11-4-5-12-10(8-11)9-16-18-12/h4-9H,1-3H2,(H,16,18)(H,17,19). The molecule has 0 unspecified atom stereocenters. The van der Waals surface area contributed by atoms with E-state index in [9.17, 15) is 4.79 Å². The first-order valence-electron chi connectivity index (χ1n) is 6.42. The third-order valence-corrected chi connectivity index (χ3v) is 3.84.